The van der Waals surface area contributed by atoms with Crippen molar-refractivity contribution in [1.82, 2.24) is 10.2 Å². The van der Waals surface area contributed by atoms with E-state index in [1.807, 2.05) is 0 Å². The Morgan fingerprint density at radius 1 is 1.37 bits per heavy atom. The maximum atomic E-state index is 5.36. The topological polar surface area (TPSA) is 24.5 Å². The van der Waals surface area contributed by atoms with Gasteiger partial charge in [-0.25, -0.2) is 0 Å². The van der Waals surface area contributed by atoms with E-state index in [4.69, 9.17) is 4.74 Å². The van der Waals surface area contributed by atoms with Gasteiger partial charge < -0.3 is 15.0 Å². The molecule has 1 N–H and O–H groups in total. The molecule has 0 aliphatic carbocycles. The van der Waals surface area contributed by atoms with Crippen molar-refractivity contribution < 1.29 is 4.74 Å². The molecule has 106 valence electrons. The van der Waals surface area contributed by atoms with Crippen molar-refractivity contribution in [3.8, 4) is 0 Å². The second-order valence-electron chi connectivity index (χ2n) is 5.21. The Hall–Kier alpha value is -0.420. The summed E-state index contributed by atoms with van der Waals surface area (Å²) in [5, 5.41) is 3.62. The summed E-state index contributed by atoms with van der Waals surface area (Å²) in [6.07, 6.45) is 2.30. The lowest BCUT2D eigenvalue weighted by Gasteiger charge is -2.24. The lowest BCUT2D eigenvalue weighted by atomic mass is 10.1. The van der Waals surface area contributed by atoms with Gasteiger partial charge in [0, 0.05) is 43.4 Å². The summed E-state index contributed by atoms with van der Waals surface area (Å²) in [7, 11) is 2.17. The molecule has 2 rings (SSSR count). The highest BCUT2D eigenvalue weighted by Crippen LogP contribution is 2.12. The second kappa shape index (κ2) is 8.00. The summed E-state index contributed by atoms with van der Waals surface area (Å²) < 4.78 is 6.51. The van der Waals surface area contributed by atoms with Crippen molar-refractivity contribution in [3.63, 3.8) is 0 Å². The van der Waals surface area contributed by atoms with E-state index < -0.39 is 0 Å². The quantitative estimate of drug-likeness (QED) is 0.869. The molecular formula is C15H23BrN2O. The van der Waals surface area contributed by atoms with E-state index >= 15 is 0 Å². The standard InChI is InChI=1S/C15H23BrN2O/c1-18(12-13-3-2-4-14(16)11-13)8-7-17-15-5-9-19-10-6-15/h2-4,11,15,17H,5-10,12H2,1H3. The number of likely N-dealkylation sites (N-methyl/N-ethyl adjacent to an activating group) is 1. The number of nitrogens with zero attached hydrogens (tertiary/aromatic N) is 1. The van der Waals surface area contributed by atoms with Crippen molar-refractivity contribution >= 4 is 15.9 Å². The van der Waals surface area contributed by atoms with E-state index in [2.05, 4.69) is 57.5 Å². The third-order valence-corrected chi connectivity index (χ3v) is 3.98. The van der Waals surface area contributed by atoms with Crippen LogP contribution in [0, 0.1) is 0 Å². The minimum absolute atomic E-state index is 0.646. The second-order valence-corrected chi connectivity index (χ2v) is 6.12. The molecule has 0 atom stereocenters. The van der Waals surface area contributed by atoms with Crippen LogP contribution in [0.5, 0.6) is 0 Å². The number of halogens is 1. The minimum atomic E-state index is 0.646. The molecule has 0 spiro atoms. The van der Waals surface area contributed by atoms with Gasteiger partial charge in [-0.05, 0) is 37.6 Å². The van der Waals surface area contributed by atoms with Gasteiger partial charge in [0.25, 0.3) is 0 Å². The largest absolute Gasteiger partial charge is 0.381 e. The summed E-state index contributed by atoms with van der Waals surface area (Å²) in [6, 6.07) is 9.16. The average Bonchev–Trinajstić information content (AvgIpc) is 2.40. The molecule has 1 aromatic rings. The van der Waals surface area contributed by atoms with Crippen LogP contribution >= 0.6 is 15.9 Å². The number of ether oxygens (including phenoxy) is 1. The minimum Gasteiger partial charge on any atom is -0.381 e. The third kappa shape index (κ3) is 5.61. The van der Waals surface area contributed by atoms with Gasteiger partial charge in [0.2, 0.25) is 0 Å². The average molecular weight is 327 g/mol. The molecular weight excluding hydrogens is 304 g/mol. The Balaban J connectivity index is 1.65. The fourth-order valence-electron chi connectivity index (χ4n) is 2.39. The van der Waals surface area contributed by atoms with E-state index in [-0.39, 0.29) is 0 Å². The van der Waals surface area contributed by atoms with Crippen LogP contribution in [0.15, 0.2) is 28.7 Å². The third-order valence-electron chi connectivity index (χ3n) is 3.49. The van der Waals surface area contributed by atoms with Gasteiger partial charge in [0.15, 0.2) is 0 Å². The van der Waals surface area contributed by atoms with Crippen molar-refractivity contribution in [3.05, 3.63) is 34.3 Å². The van der Waals surface area contributed by atoms with Gasteiger partial charge in [-0.1, -0.05) is 28.1 Å². The van der Waals surface area contributed by atoms with Crippen molar-refractivity contribution in [2.24, 2.45) is 0 Å². The van der Waals surface area contributed by atoms with E-state index in [0.717, 1.165) is 50.2 Å². The molecule has 1 fully saturated rings. The monoisotopic (exact) mass is 326 g/mol. The van der Waals surface area contributed by atoms with Crippen LogP contribution in [0.4, 0.5) is 0 Å². The molecule has 1 saturated heterocycles. The highest BCUT2D eigenvalue weighted by Gasteiger charge is 2.12. The van der Waals surface area contributed by atoms with Crippen molar-refractivity contribution in [2.75, 3.05) is 33.4 Å². The number of nitrogens with one attached hydrogen (secondary N) is 1. The molecule has 3 nitrogen and oxygen atoms in total. The highest BCUT2D eigenvalue weighted by atomic mass is 79.9. The summed E-state index contributed by atoms with van der Waals surface area (Å²) in [4.78, 5) is 2.36. The fourth-order valence-corrected chi connectivity index (χ4v) is 2.83. The number of benzene rings is 1. The Bertz CT molecular complexity index is 380. The van der Waals surface area contributed by atoms with Gasteiger partial charge in [-0.15, -0.1) is 0 Å². The molecule has 1 aliphatic heterocycles. The molecule has 0 bridgehead atoms. The molecule has 0 aromatic heterocycles. The SMILES string of the molecule is CN(CCNC1CCOCC1)Cc1cccc(Br)c1. The van der Waals surface area contributed by atoms with Crippen molar-refractivity contribution in [1.29, 1.82) is 0 Å². The molecule has 0 amide bonds. The van der Waals surface area contributed by atoms with Gasteiger partial charge >= 0.3 is 0 Å². The summed E-state index contributed by atoms with van der Waals surface area (Å²) in [5.74, 6) is 0. The van der Waals surface area contributed by atoms with Crippen LogP contribution in [-0.4, -0.2) is 44.3 Å². The lowest BCUT2D eigenvalue weighted by molar-refractivity contribution is 0.0774. The van der Waals surface area contributed by atoms with Gasteiger partial charge in [0.05, 0.1) is 0 Å². The summed E-state index contributed by atoms with van der Waals surface area (Å²) >= 11 is 3.51. The highest BCUT2D eigenvalue weighted by molar-refractivity contribution is 9.10. The van der Waals surface area contributed by atoms with Crippen molar-refractivity contribution in [2.45, 2.75) is 25.4 Å². The summed E-state index contributed by atoms with van der Waals surface area (Å²) in [5.41, 5.74) is 1.35. The number of hydrogen-bond donors (Lipinski definition) is 1. The molecule has 1 aromatic carbocycles. The van der Waals surface area contributed by atoms with E-state index in [1.165, 1.54) is 5.56 Å². The zero-order chi connectivity index (χ0) is 13.5. The summed E-state index contributed by atoms with van der Waals surface area (Å²) in [6.45, 7) is 4.94. The smallest absolute Gasteiger partial charge is 0.0480 e. The Kier molecular flexibility index (Phi) is 6.31. The van der Waals surface area contributed by atoms with Crippen LogP contribution in [0.25, 0.3) is 0 Å². The Labute approximate surface area is 124 Å². The van der Waals surface area contributed by atoms with E-state index in [0.29, 0.717) is 6.04 Å². The normalized spacial score (nSPS) is 17.0. The van der Waals surface area contributed by atoms with E-state index in [9.17, 15) is 0 Å². The first-order valence-corrected chi connectivity index (χ1v) is 7.77. The molecule has 1 heterocycles. The Morgan fingerprint density at radius 3 is 2.89 bits per heavy atom. The van der Waals surface area contributed by atoms with Crippen LogP contribution in [-0.2, 0) is 11.3 Å². The van der Waals surface area contributed by atoms with Crippen LogP contribution in [0.1, 0.15) is 18.4 Å². The number of rotatable bonds is 6. The number of hydrogen-bond acceptors (Lipinski definition) is 3. The first-order chi connectivity index (χ1) is 9.24. The molecule has 0 unspecified atom stereocenters. The van der Waals surface area contributed by atoms with E-state index in [1.54, 1.807) is 0 Å². The molecule has 0 radical (unpaired) electrons. The van der Waals surface area contributed by atoms with Gasteiger partial charge in [0.1, 0.15) is 0 Å². The molecule has 19 heavy (non-hydrogen) atoms. The van der Waals surface area contributed by atoms with Crippen LogP contribution in [0.3, 0.4) is 0 Å². The zero-order valence-electron chi connectivity index (χ0n) is 11.6. The van der Waals surface area contributed by atoms with Gasteiger partial charge in [-0.3, -0.25) is 0 Å². The Morgan fingerprint density at radius 2 is 2.16 bits per heavy atom. The zero-order valence-corrected chi connectivity index (χ0v) is 13.2. The molecule has 1 aliphatic rings. The van der Waals surface area contributed by atoms with Gasteiger partial charge in [-0.2, -0.15) is 0 Å². The predicted molar refractivity (Wildman–Crippen MR) is 82.3 cm³/mol. The molecule has 4 heteroatoms. The lowest BCUT2D eigenvalue weighted by Crippen LogP contribution is -2.39. The first-order valence-electron chi connectivity index (χ1n) is 6.98. The maximum absolute atomic E-state index is 5.36. The predicted octanol–water partition coefficient (Wildman–Crippen LogP) is 2.65. The first kappa shape index (κ1) is 15.0. The maximum Gasteiger partial charge on any atom is 0.0480 e. The van der Waals surface area contributed by atoms with Crippen LogP contribution in [0.2, 0.25) is 0 Å². The van der Waals surface area contributed by atoms with Crippen LogP contribution < -0.4 is 5.32 Å². The fraction of sp³-hybridized carbons (Fsp3) is 0.600. The molecule has 0 saturated carbocycles.